The molecule has 0 N–H and O–H groups in total. The van der Waals surface area contributed by atoms with E-state index in [9.17, 15) is 4.79 Å². The van der Waals surface area contributed by atoms with Crippen LogP contribution in [0.3, 0.4) is 0 Å². The predicted molar refractivity (Wildman–Crippen MR) is 45.6 cm³/mol. The monoisotopic (exact) mass is 159 g/mol. The van der Waals surface area contributed by atoms with Crippen molar-refractivity contribution >= 4 is 11.7 Å². The van der Waals surface area contributed by atoms with Crippen LogP contribution in [0.2, 0.25) is 0 Å². The van der Waals surface area contributed by atoms with Gasteiger partial charge in [0.2, 0.25) is 0 Å². The fourth-order valence-corrected chi connectivity index (χ4v) is 1.07. The molecule has 0 bridgehead atoms. The van der Waals surface area contributed by atoms with E-state index in [0.29, 0.717) is 0 Å². The van der Waals surface area contributed by atoms with E-state index in [-0.39, 0.29) is 6.03 Å². The lowest BCUT2D eigenvalue weighted by Crippen LogP contribution is -2.22. The van der Waals surface area contributed by atoms with Crippen LogP contribution in [0.1, 0.15) is 0 Å². The van der Waals surface area contributed by atoms with Crippen molar-refractivity contribution in [1.29, 1.82) is 0 Å². The minimum atomic E-state index is -0.235. The first kappa shape index (κ1) is 6.91. The van der Waals surface area contributed by atoms with Gasteiger partial charge >= 0.3 is 6.03 Å². The molecule has 1 radical (unpaired) electrons. The third-order valence-electron chi connectivity index (χ3n) is 1.64. The van der Waals surface area contributed by atoms with Gasteiger partial charge < -0.3 is 0 Å². The van der Waals surface area contributed by atoms with Gasteiger partial charge in [-0.1, -0.05) is 18.2 Å². The third-order valence-corrected chi connectivity index (χ3v) is 1.64. The number of nitrogens with zero attached hydrogens (tertiary/aromatic N) is 2. The maximum Gasteiger partial charge on any atom is 0.352 e. The van der Waals surface area contributed by atoms with Gasteiger partial charge in [-0.05, 0) is 12.1 Å². The van der Waals surface area contributed by atoms with Crippen LogP contribution in [0.5, 0.6) is 0 Å². The second-order valence-corrected chi connectivity index (χ2v) is 2.42. The molecule has 0 aromatic heterocycles. The van der Waals surface area contributed by atoms with E-state index in [4.69, 9.17) is 0 Å². The Hall–Kier alpha value is -1.77. The van der Waals surface area contributed by atoms with Crippen LogP contribution in [0, 0.1) is 0 Å². The van der Waals surface area contributed by atoms with Gasteiger partial charge in [0.05, 0.1) is 5.69 Å². The van der Waals surface area contributed by atoms with Crippen molar-refractivity contribution in [2.75, 3.05) is 4.90 Å². The molecule has 1 aliphatic rings. The van der Waals surface area contributed by atoms with Gasteiger partial charge in [-0.3, -0.25) is 4.90 Å². The summed E-state index contributed by atoms with van der Waals surface area (Å²) >= 11 is 0. The van der Waals surface area contributed by atoms with E-state index in [0.717, 1.165) is 5.69 Å². The van der Waals surface area contributed by atoms with Crippen LogP contribution in [0.15, 0.2) is 42.7 Å². The lowest BCUT2D eigenvalue weighted by atomic mass is 10.3. The Morgan fingerprint density at radius 3 is 2.50 bits per heavy atom. The summed E-state index contributed by atoms with van der Waals surface area (Å²) in [6, 6.07) is 9.17. The van der Waals surface area contributed by atoms with Crippen LogP contribution in [-0.4, -0.2) is 6.03 Å². The number of amides is 2. The first-order chi connectivity index (χ1) is 5.88. The van der Waals surface area contributed by atoms with Crippen molar-refractivity contribution in [3.8, 4) is 0 Å². The molecule has 0 unspecified atom stereocenters. The summed E-state index contributed by atoms with van der Waals surface area (Å²) in [5.41, 5.74) is 0.847. The Labute approximate surface area is 70.3 Å². The summed E-state index contributed by atoms with van der Waals surface area (Å²) in [4.78, 5) is 12.6. The predicted octanol–water partition coefficient (Wildman–Crippen LogP) is 1.70. The van der Waals surface area contributed by atoms with Gasteiger partial charge in [0.1, 0.15) is 0 Å². The third kappa shape index (κ3) is 1.05. The number of rotatable bonds is 1. The number of hydrogen-bond donors (Lipinski definition) is 0. The van der Waals surface area contributed by atoms with Gasteiger partial charge in [-0.2, -0.15) is 5.32 Å². The second kappa shape index (κ2) is 2.70. The van der Waals surface area contributed by atoms with Crippen molar-refractivity contribution in [2.45, 2.75) is 0 Å². The zero-order valence-corrected chi connectivity index (χ0v) is 6.34. The Morgan fingerprint density at radius 1 is 1.17 bits per heavy atom. The molecule has 12 heavy (non-hydrogen) atoms. The van der Waals surface area contributed by atoms with Gasteiger partial charge in [0.25, 0.3) is 0 Å². The zero-order chi connectivity index (χ0) is 8.39. The van der Waals surface area contributed by atoms with E-state index < -0.39 is 0 Å². The molecule has 3 nitrogen and oxygen atoms in total. The molecule has 0 spiro atoms. The average molecular weight is 159 g/mol. The van der Waals surface area contributed by atoms with E-state index >= 15 is 0 Å². The minimum absolute atomic E-state index is 0.235. The minimum Gasteiger partial charge on any atom is -0.266 e. The van der Waals surface area contributed by atoms with E-state index in [2.05, 4.69) is 5.32 Å². The van der Waals surface area contributed by atoms with Gasteiger partial charge in [0, 0.05) is 12.4 Å². The number of carbonyl (C=O) groups excluding carboxylic acids is 1. The van der Waals surface area contributed by atoms with Crippen molar-refractivity contribution in [1.82, 2.24) is 5.32 Å². The Morgan fingerprint density at radius 2 is 1.92 bits per heavy atom. The maximum absolute atomic E-state index is 11.1. The smallest absolute Gasteiger partial charge is 0.266 e. The SMILES string of the molecule is O=C1[N]C=CN1c1ccccc1. The zero-order valence-electron chi connectivity index (χ0n) is 6.34. The Kier molecular flexibility index (Phi) is 1.55. The van der Waals surface area contributed by atoms with Crippen molar-refractivity contribution in [2.24, 2.45) is 0 Å². The molecule has 59 valence electrons. The van der Waals surface area contributed by atoms with Gasteiger partial charge in [-0.25, -0.2) is 4.79 Å². The van der Waals surface area contributed by atoms with Crippen LogP contribution in [-0.2, 0) is 0 Å². The summed E-state index contributed by atoms with van der Waals surface area (Å²) < 4.78 is 0. The number of carbonyl (C=O) groups is 1. The summed E-state index contributed by atoms with van der Waals surface area (Å²) in [6.07, 6.45) is 3.15. The first-order valence-corrected chi connectivity index (χ1v) is 3.64. The number of urea groups is 1. The molecular weight excluding hydrogens is 152 g/mol. The standard InChI is InChI=1S/C9H7N2O/c12-9-10-6-7-11(9)8-4-2-1-3-5-8/h1-7H. The molecule has 0 fully saturated rings. The van der Waals surface area contributed by atoms with E-state index in [1.807, 2.05) is 30.3 Å². The highest BCUT2D eigenvalue weighted by Gasteiger charge is 2.16. The summed E-state index contributed by atoms with van der Waals surface area (Å²) in [7, 11) is 0. The lowest BCUT2D eigenvalue weighted by molar-refractivity contribution is 0.252. The summed E-state index contributed by atoms with van der Waals surface area (Å²) in [5.74, 6) is 0. The Balaban J connectivity index is 2.31. The molecule has 1 aromatic carbocycles. The second-order valence-electron chi connectivity index (χ2n) is 2.42. The van der Waals surface area contributed by atoms with Crippen LogP contribution >= 0.6 is 0 Å². The van der Waals surface area contributed by atoms with Gasteiger partial charge in [-0.15, -0.1) is 0 Å². The fraction of sp³-hybridized carbons (Fsp3) is 0. The van der Waals surface area contributed by atoms with E-state index in [1.165, 1.54) is 11.1 Å². The lowest BCUT2D eigenvalue weighted by Gasteiger charge is -2.10. The molecule has 2 rings (SSSR count). The number of benzene rings is 1. The van der Waals surface area contributed by atoms with Crippen LogP contribution < -0.4 is 10.2 Å². The molecular formula is C9H7N2O. The molecule has 0 atom stereocenters. The Bertz CT molecular complexity index is 319. The van der Waals surface area contributed by atoms with Crippen molar-refractivity contribution < 1.29 is 4.79 Å². The van der Waals surface area contributed by atoms with Crippen molar-refractivity contribution in [3.63, 3.8) is 0 Å². The highest BCUT2D eigenvalue weighted by molar-refractivity contribution is 5.96. The molecule has 0 saturated carbocycles. The average Bonchev–Trinajstić information content (AvgIpc) is 2.53. The van der Waals surface area contributed by atoms with Crippen molar-refractivity contribution in [3.05, 3.63) is 42.7 Å². The topological polar surface area (TPSA) is 34.4 Å². The largest absolute Gasteiger partial charge is 0.352 e. The summed E-state index contributed by atoms with van der Waals surface area (Å²) in [6.45, 7) is 0. The van der Waals surface area contributed by atoms with Gasteiger partial charge in [0.15, 0.2) is 0 Å². The molecule has 1 aromatic rings. The maximum atomic E-state index is 11.1. The number of hydrogen-bond acceptors (Lipinski definition) is 1. The molecule has 1 aliphatic heterocycles. The first-order valence-electron chi connectivity index (χ1n) is 3.64. The molecule has 2 amide bonds. The van der Waals surface area contributed by atoms with E-state index in [1.54, 1.807) is 6.20 Å². The number of para-hydroxylation sites is 1. The molecule has 3 heteroatoms. The molecule has 0 aliphatic carbocycles. The number of anilines is 1. The quantitative estimate of drug-likeness (QED) is 0.614. The summed E-state index contributed by atoms with van der Waals surface area (Å²) in [5, 5.41) is 3.60. The van der Waals surface area contributed by atoms with Crippen LogP contribution in [0.4, 0.5) is 10.5 Å². The highest BCUT2D eigenvalue weighted by atomic mass is 16.2. The molecule has 0 saturated heterocycles. The van der Waals surface area contributed by atoms with Crippen LogP contribution in [0.25, 0.3) is 0 Å². The normalized spacial score (nSPS) is 15.0. The highest BCUT2D eigenvalue weighted by Crippen LogP contribution is 2.16. The molecule has 1 heterocycles. The fourth-order valence-electron chi connectivity index (χ4n) is 1.07.